The third-order valence-electron chi connectivity index (χ3n) is 3.86. The van der Waals surface area contributed by atoms with Gasteiger partial charge in [-0.1, -0.05) is 11.6 Å². The van der Waals surface area contributed by atoms with Gasteiger partial charge in [-0.05, 0) is 41.8 Å². The number of thiophene rings is 1. The van der Waals surface area contributed by atoms with Gasteiger partial charge in [-0.3, -0.25) is 4.79 Å². The standard InChI is InChI=1S/C20H15ClN4O3S/c21-14-1-4-16(5-2-14)27-18-7-3-15(11-22-18)23-17(26)6-8-19-24-25-20(28-19)13-9-10-29-12-13/h1-5,7,9-12H,6,8H2,(H,23,26). The summed E-state index contributed by atoms with van der Waals surface area (Å²) in [6, 6.07) is 12.3. The van der Waals surface area contributed by atoms with Crippen LogP contribution in [0, 0.1) is 0 Å². The molecule has 4 rings (SSSR count). The Labute approximate surface area is 175 Å². The minimum Gasteiger partial charge on any atom is -0.439 e. The molecule has 0 fully saturated rings. The lowest BCUT2D eigenvalue weighted by atomic mass is 10.3. The zero-order valence-corrected chi connectivity index (χ0v) is 16.6. The predicted octanol–water partition coefficient (Wildman–Crippen LogP) is 5.21. The SMILES string of the molecule is O=C(CCc1nnc(-c2ccsc2)o1)Nc1ccc(Oc2ccc(Cl)cc2)nc1. The van der Waals surface area contributed by atoms with Crippen molar-refractivity contribution < 1.29 is 13.9 Å². The van der Waals surface area contributed by atoms with Crippen molar-refractivity contribution in [2.75, 3.05) is 5.32 Å². The molecule has 9 heteroatoms. The van der Waals surface area contributed by atoms with Crippen LogP contribution in [0.3, 0.4) is 0 Å². The maximum absolute atomic E-state index is 12.2. The van der Waals surface area contributed by atoms with Gasteiger partial charge in [-0.25, -0.2) is 4.98 Å². The number of nitrogens with zero attached hydrogens (tertiary/aromatic N) is 3. The van der Waals surface area contributed by atoms with E-state index in [1.807, 2.05) is 16.8 Å². The van der Waals surface area contributed by atoms with Crippen molar-refractivity contribution in [2.24, 2.45) is 0 Å². The van der Waals surface area contributed by atoms with E-state index >= 15 is 0 Å². The van der Waals surface area contributed by atoms with E-state index < -0.39 is 0 Å². The van der Waals surface area contributed by atoms with Crippen LogP contribution in [0.5, 0.6) is 11.6 Å². The Morgan fingerprint density at radius 2 is 2.00 bits per heavy atom. The molecule has 4 aromatic rings. The van der Waals surface area contributed by atoms with Crippen molar-refractivity contribution in [1.82, 2.24) is 15.2 Å². The third kappa shape index (κ3) is 5.18. The molecule has 1 aromatic carbocycles. The van der Waals surface area contributed by atoms with Gasteiger partial charge >= 0.3 is 0 Å². The van der Waals surface area contributed by atoms with Gasteiger partial charge in [-0.15, -0.1) is 10.2 Å². The number of nitrogens with one attached hydrogen (secondary N) is 1. The fourth-order valence-corrected chi connectivity index (χ4v) is 3.20. The molecular weight excluding hydrogens is 412 g/mol. The normalized spacial score (nSPS) is 10.7. The second kappa shape index (κ2) is 8.85. The lowest BCUT2D eigenvalue weighted by Gasteiger charge is -2.07. The van der Waals surface area contributed by atoms with Crippen LogP contribution in [0.15, 0.2) is 63.8 Å². The van der Waals surface area contributed by atoms with Gasteiger partial charge in [0.1, 0.15) is 5.75 Å². The van der Waals surface area contributed by atoms with Crippen molar-refractivity contribution in [3.05, 3.63) is 70.3 Å². The summed E-state index contributed by atoms with van der Waals surface area (Å²) in [5, 5.41) is 15.3. The number of aryl methyl sites for hydroxylation is 1. The molecule has 0 aliphatic carbocycles. The van der Waals surface area contributed by atoms with E-state index in [2.05, 4.69) is 20.5 Å². The lowest BCUT2D eigenvalue weighted by molar-refractivity contribution is -0.116. The van der Waals surface area contributed by atoms with Crippen LogP contribution in [0.25, 0.3) is 11.5 Å². The van der Waals surface area contributed by atoms with Gasteiger partial charge in [0.25, 0.3) is 0 Å². The van der Waals surface area contributed by atoms with E-state index in [-0.39, 0.29) is 12.3 Å². The summed E-state index contributed by atoms with van der Waals surface area (Å²) in [6.07, 6.45) is 2.10. The number of aromatic nitrogens is 3. The molecule has 0 radical (unpaired) electrons. The minimum absolute atomic E-state index is 0.173. The van der Waals surface area contributed by atoms with Gasteiger partial charge < -0.3 is 14.5 Å². The van der Waals surface area contributed by atoms with Crippen LogP contribution in [-0.2, 0) is 11.2 Å². The maximum Gasteiger partial charge on any atom is 0.248 e. The van der Waals surface area contributed by atoms with E-state index in [9.17, 15) is 4.79 Å². The summed E-state index contributed by atoms with van der Waals surface area (Å²) in [4.78, 5) is 16.3. The van der Waals surface area contributed by atoms with Crippen molar-refractivity contribution >= 4 is 34.5 Å². The Balaban J connectivity index is 1.27. The van der Waals surface area contributed by atoms with Gasteiger partial charge in [0.05, 0.1) is 11.9 Å². The highest BCUT2D eigenvalue weighted by Gasteiger charge is 2.11. The van der Waals surface area contributed by atoms with Crippen LogP contribution in [0.4, 0.5) is 5.69 Å². The molecule has 0 aliphatic rings. The number of benzene rings is 1. The molecule has 0 bridgehead atoms. The number of carbonyl (C=O) groups is 1. The molecule has 146 valence electrons. The minimum atomic E-state index is -0.173. The number of ether oxygens (including phenoxy) is 1. The fourth-order valence-electron chi connectivity index (χ4n) is 2.44. The molecule has 1 N–H and O–H groups in total. The molecule has 29 heavy (non-hydrogen) atoms. The van der Waals surface area contributed by atoms with E-state index in [1.165, 1.54) is 6.20 Å². The van der Waals surface area contributed by atoms with Crippen LogP contribution < -0.4 is 10.1 Å². The maximum atomic E-state index is 12.2. The number of hydrogen-bond donors (Lipinski definition) is 1. The number of pyridine rings is 1. The highest BCUT2D eigenvalue weighted by atomic mass is 35.5. The third-order valence-corrected chi connectivity index (χ3v) is 4.79. The average molecular weight is 427 g/mol. The summed E-state index contributed by atoms with van der Waals surface area (Å²) >= 11 is 7.40. The zero-order chi connectivity index (χ0) is 20.1. The van der Waals surface area contributed by atoms with Crippen molar-refractivity contribution in [3.8, 4) is 23.1 Å². The molecule has 0 aliphatic heterocycles. The average Bonchev–Trinajstić information content (AvgIpc) is 3.41. The quantitative estimate of drug-likeness (QED) is 0.436. The monoisotopic (exact) mass is 426 g/mol. The first kappa shape index (κ1) is 19.1. The molecule has 3 aromatic heterocycles. The van der Waals surface area contributed by atoms with Gasteiger partial charge in [-0.2, -0.15) is 11.3 Å². The Hall–Kier alpha value is -3.23. The molecule has 0 unspecified atom stereocenters. The second-order valence-corrected chi connectivity index (χ2v) is 7.22. The van der Waals surface area contributed by atoms with Crippen molar-refractivity contribution in [1.29, 1.82) is 0 Å². The van der Waals surface area contributed by atoms with E-state index in [0.29, 0.717) is 40.5 Å². The van der Waals surface area contributed by atoms with Crippen LogP contribution in [0.2, 0.25) is 5.02 Å². The highest BCUT2D eigenvalue weighted by molar-refractivity contribution is 7.08. The van der Waals surface area contributed by atoms with Gasteiger partial charge in [0, 0.05) is 34.9 Å². The van der Waals surface area contributed by atoms with Crippen molar-refractivity contribution in [2.45, 2.75) is 12.8 Å². The summed E-state index contributed by atoms with van der Waals surface area (Å²) in [6.45, 7) is 0. The Kier molecular flexibility index (Phi) is 5.83. The molecular formula is C20H15ClN4O3S. The summed E-state index contributed by atoms with van der Waals surface area (Å²) in [5.41, 5.74) is 1.45. The van der Waals surface area contributed by atoms with Crippen LogP contribution >= 0.6 is 22.9 Å². The summed E-state index contributed by atoms with van der Waals surface area (Å²) in [5.74, 6) is 1.75. The first-order chi connectivity index (χ1) is 14.2. The van der Waals surface area contributed by atoms with Crippen LogP contribution in [-0.4, -0.2) is 21.1 Å². The zero-order valence-electron chi connectivity index (χ0n) is 15.0. The Morgan fingerprint density at radius 1 is 1.14 bits per heavy atom. The Morgan fingerprint density at radius 3 is 2.72 bits per heavy atom. The lowest BCUT2D eigenvalue weighted by Crippen LogP contribution is -2.12. The van der Waals surface area contributed by atoms with E-state index in [1.54, 1.807) is 47.7 Å². The first-order valence-corrected chi connectivity index (χ1v) is 10.0. The molecule has 1 amide bonds. The van der Waals surface area contributed by atoms with Crippen LogP contribution in [0.1, 0.15) is 12.3 Å². The molecule has 0 saturated carbocycles. The van der Waals surface area contributed by atoms with Crippen molar-refractivity contribution in [3.63, 3.8) is 0 Å². The van der Waals surface area contributed by atoms with Gasteiger partial charge in [0.15, 0.2) is 0 Å². The second-order valence-electron chi connectivity index (χ2n) is 6.00. The largest absolute Gasteiger partial charge is 0.439 e. The number of rotatable bonds is 7. The fraction of sp³-hybridized carbons (Fsp3) is 0.100. The van der Waals surface area contributed by atoms with E-state index in [4.69, 9.17) is 20.8 Å². The number of anilines is 1. The molecule has 7 nitrogen and oxygen atoms in total. The number of hydrogen-bond acceptors (Lipinski definition) is 7. The summed E-state index contributed by atoms with van der Waals surface area (Å²) in [7, 11) is 0. The smallest absolute Gasteiger partial charge is 0.248 e. The van der Waals surface area contributed by atoms with Gasteiger partial charge in [0.2, 0.25) is 23.6 Å². The Bertz CT molecular complexity index is 1080. The molecule has 0 atom stereocenters. The highest BCUT2D eigenvalue weighted by Crippen LogP contribution is 2.23. The molecule has 3 heterocycles. The first-order valence-electron chi connectivity index (χ1n) is 8.70. The topological polar surface area (TPSA) is 90.1 Å². The van der Waals surface area contributed by atoms with E-state index in [0.717, 1.165) is 5.56 Å². The number of carbonyl (C=O) groups excluding carboxylic acids is 1. The number of amides is 1. The molecule has 0 saturated heterocycles. The number of halogens is 1. The molecule has 0 spiro atoms. The predicted molar refractivity (Wildman–Crippen MR) is 110 cm³/mol. The summed E-state index contributed by atoms with van der Waals surface area (Å²) < 4.78 is 11.2.